The second-order valence-corrected chi connectivity index (χ2v) is 12.2. The lowest BCUT2D eigenvalue weighted by atomic mass is 9.83. The molecule has 2 aliphatic rings. The van der Waals surface area contributed by atoms with Crippen LogP contribution in [0.3, 0.4) is 0 Å². The first-order valence-electron chi connectivity index (χ1n) is 14.5. The Balaban J connectivity index is 1.49. The summed E-state index contributed by atoms with van der Waals surface area (Å²) in [5, 5.41) is 3.14. The smallest absolute Gasteiger partial charge is 0.257 e. The summed E-state index contributed by atoms with van der Waals surface area (Å²) < 4.78 is 15.0. The lowest BCUT2D eigenvalue weighted by molar-refractivity contribution is -0.123. The molecular weight excluding hydrogens is 501 g/mol. The van der Waals surface area contributed by atoms with Crippen LogP contribution in [0.25, 0.3) is 0 Å². The van der Waals surface area contributed by atoms with Crippen LogP contribution >= 0.6 is 0 Å². The van der Waals surface area contributed by atoms with Gasteiger partial charge in [0.15, 0.2) is 0 Å². The number of likely N-dealkylation sites (tertiary alicyclic amines) is 1. The lowest BCUT2D eigenvalue weighted by Crippen LogP contribution is -2.46. The van der Waals surface area contributed by atoms with Crippen molar-refractivity contribution in [2.45, 2.75) is 64.8 Å². The normalized spacial score (nSPS) is 19.5. The summed E-state index contributed by atoms with van der Waals surface area (Å²) in [4.78, 5) is 31.9. The summed E-state index contributed by atoms with van der Waals surface area (Å²) in [7, 11) is 0. The molecule has 5 rings (SSSR count). The first-order chi connectivity index (χ1) is 19.1. The lowest BCUT2D eigenvalue weighted by Gasteiger charge is -2.41. The predicted molar refractivity (Wildman–Crippen MR) is 159 cm³/mol. The number of hydrogen-bond acceptors (Lipinski definition) is 3. The van der Waals surface area contributed by atoms with Crippen LogP contribution in [0.5, 0.6) is 0 Å². The highest BCUT2D eigenvalue weighted by Crippen LogP contribution is 2.39. The van der Waals surface area contributed by atoms with E-state index in [4.69, 9.17) is 0 Å². The van der Waals surface area contributed by atoms with Gasteiger partial charge in [0.25, 0.3) is 5.91 Å². The van der Waals surface area contributed by atoms with Crippen molar-refractivity contribution in [1.82, 2.24) is 4.90 Å². The summed E-state index contributed by atoms with van der Waals surface area (Å²) in [6.07, 6.45) is 3.69. The molecule has 210 valence electrons. The number of piperidine rings is 1. The summed E-state index contributed by atoms with van der Waals surface area (Å²) in [6, 6.07) is 20.4. The molecule has 2 aliphatic heterocycles. The number of nitrogens with one attached hydrogen (secondary N) is 1. The first-order valence-corrected chi connectivity index (χ1v) is 14.5. The number of halogens is 1. The van der Waals surface area contributed by atoms with Gasteiger partial charge in [-0.1, -0.05) is 57.2 Å². The molecule has 2 saturated heterocycles. The molecule has 1 N–H and O–H groups in total. The van der Waals surface area contributed by atoms with E-state index >= 15 is 0 Å². The Hall–Kier alpha value is -3.67. The molecule has 3 aromatic rings. The van der Waals surface area contributed by atoms with Gasteiger partial charge in [0.1, 0.15) is 5.82 Å². The number of aryl methyl sites for hydroxylation is 1. The maximum atomic E-state index is 15.0. The van der Waals surface area contributed by atoms with Crippen molar-refractivity contribution >= 4 is 23.2 Å². The topological polar surface area (TPSA) is 52.7 Å². The minimum absolute atomic E-state index is 0.0496. The zero-order valence-corrected chi connectivity index (χ0v) is 24.0. The Labute approximate surface area is 237 Å². The highest BCUT2D eigenvalue weighted by Gasteiger charge is 2.40. The molecule has 0 radical (unpaired) electrons. The van der Waals surface area contributed by atoms with Crippen LogP contribution in [0, 0.1) is 18.7 Å². The van der Waals surface area contributed by atoms with Gasteiger partial charge in [-0.25, -0.2) is 4.39 Å². The van der Waals surface area contributed by atoms with Crippen LogP contribution in [0.1, 0.15) is 79.5 Å². The number of nitrogens with zero attached hydrogens (tertiary/aromatic N) is 2. The van der Waals surface area contributed by atoms with Crippen LogP contribution in [0.2, 0.25) is 0 Å². The Kier molecular flexibility index (Phi) is 7.97. The van der Waals surface area contributed by atoms with Crippen molar-refractivity contribution in [1.29, 1.82) is 0 Å². The number of hydrogen-bond donors (Lipinski definition) is 1. The molecule has 2 atom stereocenters. The predicted octanol–water partition coefficient (Wildman–Crippen LogP) is 7.26. The number of rotatable bonds is 5. The van der Waals surface area contributed by atoms with Crippen molar-refractivity contribution < 1.29 is 14.0 Å². The van der Waals surface area contributed by atoms with Crippen LogP contribution in [-0.4, -0.2) is 36.3 Å². The maximum Gasteiger partial charge on any atom is 0.257 e. The quantitative estimate of drug-likeness (QED) is 0.370. The molecule has 0 spiro atoms. The van der Waals surface area contributed by atoms with Crippen molar-refractivity contribution in [3.05, 3.63) is 94.8 Å². The van der Waals surface area contributed by atoms with E-state index in [1.807, 2.05) is 30.3 Å². The Bertz CT molecular complexity index is 1350. The number of benzene rings is 3. The van der Waals surface area contributed by atoms with Crippen LogP contribution in [0.15, 0.2) is 66.7 Å². The first kappa shape index (κ1) is 27.9. The largest absolute Gasteiger partial charge is 0.372 e. The van der Waals surface area contributed by atoms with E-state index in [9.17, 15) is 14.0 Å². The minimum Gasteiger partial charge on any atom is -0.372 e. The molecule has 2 fully saturated rings. The third-order valence-corrected chi connectivity index (χ3v) is 8.37. The fraction of sp³-hybridized carbons (Fsp3) is 0.412. The Morgan fingerprint density at radius 3 is 2.27 bits per heavy atom. The van der Waals surface area contributed by atoms with Crippen LogP contribution in [0.4, 0.5) is 15.8 Å². The molecule has 3 aromatic carbocycles. The molecule has 40 heavy (non-hydrogen) atoms. The molecule has 0 aromatic heterocycles. The summed E-state index contributed by atoms with van der Waals surface area (Å²) in [5.74, 6) is -1.49. The molecule has 6 heteroatoms. The van der Waals surface area contributed by atoms with E-state index in [-0.39, 0.29) is 22.8 Å². The van der Waals surface area contributed by atoms with Gasteiger partial charge in [-0.15, -0.1) is 0 Å². The van der Waals surface area contributed by atoms with Gasteiger partial charge in [-0.3, -0.25) is 9.59 Å². The van der Waals surface area contributed by atoms with Gasteiger partial charge in [-0.2, -0.15) is 0 Å². The van der Waals surface area contributed by atoms with Crippen molar-refractivity contribution in [2.24, 2.45) is 5.92 Å². The summed E-state index contributed by atoms with van der Waals surface area (Å²) >= 11 is 0. The number of carbonyl (C=O) groups is 2. The van der Waals surface area contributed by atoms with Gasteiger partial charge in [-0.05, 0) is 85.0 Å². The molecule has 5 nitrogen and oxygen atoms in total. The van der Waals surface area contributed by atoms with E-state index in [0.717, 1.165) is 35.6 Å². The zero-order chi connectivity index (χ0) is 28.4. The average Bonchev–Trinajstić information content (AvgIpc) is 3.47. The van der Waals surface area contributed by atoms with Gasteiger partial charge in [0.05, 0.1) is 17.5 Å². The molecule has 0 aliphatic carbocycles. The standard InChI is InChI=1S/C34H40FN3O2/c1-23-10-7-14-29(35)30(23)33(40)38-21-9-13-28(32(39)36-26-12-8-11-25(22-26)34(2,3)4)31(38)24-15-17-27(18-16-24)37-19-5-6-20-37/h7-8,10-12,14-18,22,28,31H,5-6,9,13,19-21H2,1-4H3,(H,36,39)/t28-,31?/m0/s1. The fourth-order valence-corrected chi connectivity index (χ4v) is 6.11. The average molecular weight is 542 g/mol. The summed E-state index contributed by atoms with van der Waals surface area (Å²) in [5.41, 5.74) is 4.56. The minimum atomic E-state index is -0.529. The van der Waals surface area contributed by atoms with E-state index in [0.29, 0.717) is 24.9 Å². The maximum absolute atomic E-state index is 15.0. The van der Waals surface area contributed by atoms with E-state index < -0.39 is 17.8 Å². The zero-order valence-electron chi connectivity index (χ0n) is 24.0. The van der Waals surface area contributed by atoms with E-state index in [1.165, 1.54) is 18.9 Å². The number of anilines is 2. The van der Waals surface area contributed by atoms with Crippen molar-refractivity contribution in [3.8, 4) is 0 Å². The molecule has 2 amide bonds. The Morgan fingerprint density at radius 2 is 1.60 bits per heavy atom. The van der Waals surface area contributed by atoms with E-state index in [2.05, 4.69) is 49.2 Å². The third-order valence-electron chi connectivity index (χ3n) is 8.37. The second kappa shape index (κ2) is 11.4. The number of amides is 2. The third kappa shape index (κ3) is 5.77. The van der Waals surface area contributed by atoms with Gasteiger partial charge in [0, 0.05) is 31.0 Å². The molecule has 2 heterocycles. The highest BCUT2D eigenvalue weighted by atomic mass is 19.1. The van der Waals surface area contributed by atoms with Crippen molar-refractivity contribution in [3.63, 3.8) is 0 Å². The van der Waals surface area contributed by atoms with Crippen molar-refractivity contribution in [2.75, 3.05) is 29.9 Å². The van der Waals surface area contributed by atoms with E-state index in [1.54, 1.807) is 24.0 Å². The van der Waals surface area contributed by atoms with Gasteiger partial charge < -0.3 is 15.1 Å². The molecular formula is C34H40FN3O2. The second-order valence-electron chi connectivity index (χ2n) is 12.2. The van der Waals surface area contributed by atoms with Gasteiger partial charge >= 0.3 is 0 Å². The highest BCUT2D eigenvalue weighted by molar-refractivity contribution is 5.98. The molecule has 0 saturated carbocycles. The van der Waals surface area contributed by atoms with Crippen LogP contribution in [-0.2, 0) is 10.2 Å². The molecule has 0 bridgehead atoms. The Morgan fingerprint density at radius 1 is 0.900 bits per heavy atom. The summed E-state index contributed by atoms with van der Waals surface area (Å²) in [6.45, 7) is 10.7. The molecule has 1 unspecified atom stereocenters. The van der Waals surface area contributed by atoms with Crippen LogP contribution < -0.4 is 10.2 Å². The fourth-order valence-electron chi connectivity index (χ4n) is 6.11. The number of carbonyl (C=O) groups excluding carboxylic acids is 2. The monoisotopic (exact) mass is 541 g/mol. The SMILES string of the molecule is Cc1cccc(F)c1C(=O)N1CCC[C@H](C(=O)Nc2cccc(C(C)(C)C)c2)C1c1ccc(N2CCCC2)cc1. The van der Waals surface area contributed by atoms with Gasteiger partial charge in [0.2, 0.25) is 5.91 Å².